The monoisotopic (exact) mass is 297 g/mol. The van der Waals surface area contributed by atoms with Gasteiger partial charge in [0.2, 0.25) is 0 Å². The van der Waals surface area contributed by atoms with Crippen molar-refractivity contribution in [2.45, 2.75) is 50.1 Å². The maximum absolute atomic E-state index is 11.3. The molecule has 0 saturated heterocycles. The van der Waals surface area contributed by atoms with Crippen molar-refractivity contribution in [2.75, 3.05) is 12.3 Å². The molecule has 1 aromatic heterocycles. The Bertz CT molecular complexity index is 403. The van der Waals surface area contributed by atoms with Crippen molar-refractivity contribution in [3.05, 3.63) is 18.6 Å². The molecule has 1 atom stereocenters. The minimum atomic E-state index is -0.812. The molecule has 112 valence electrons. The van der Waals surface area contributed by atoms with Gasteiger partial charge in [-0.1, -0.05) is 13.3 Å². The van der Waals surface area contributed by atoms with Crippen LogP contribution in [0.1, 0.15) is 39.5 Å². The number of hydrogen-bond acceptors (Lipinski definition) is 5. The molecule has 0 aliphatic rings. The number of nitrogens with one attached hydrogen (secondary N) is 1. The Hall–Kier alpha value is -1.14. The molecule has 0 fully saturated rings. The van der Waals surface area contributed by atoms with Gasteiger partial charge in [-0.05, 0) is 38.5 Å². The number of thioether (sulfide) groups is 1. The number of carboxylic acids is 1. The Balaban J connectivity index is 2.25. The summed E-state index contributed by atoms with van der Waals surface area (Å²) in [7, 11) is 0. The third kappa shape index (κ3) is 5.88. The first-order chi connectivity index (χ1) is 9.58. The number of nitrogens with zero attached hydrogens (tertiary/aromatic N) is 2. The van der Waals surface area contributed by atoms with Gasteiger partial charge in [0, 0.05) is 12.4 Å². The molecule has 0 bridgehead atoms. The first-order valence-electron chi connectivity index (χ1n) is 6.95. The van der Waals surface area contributed by atoms with Crippen LogP contribution in [0, 0.1) is 0 Å². The Kier molecular flexibility index (Phi) is 7.54. The largest absolute Gasteiger partial charge is 0.480 e. The topological polar surface area (TPSA) is 75.1 Å². The molecule has 1 aromatic rings. The molecule has 0 aromatic carbocycles. The average molecular weight is 297 g/mol. The first kappa shape index (κ1) is 16.9. The number of carbonyl (C=O) groups is 1. The Morgan fingerprint density at radius 3 is 2.85 bits per heavy atom. The van der Waals surface area contributed by atoms with Crippen molar-refractivity contribution in [1.29, 1.82) is 0 Å². The van der Waals surface area contributed by atoms with Gasteiger partial charge in [0.25, 0.3) is 0 Å². The second-order valence-corrected chi connectivity index (χ2v) is 6.03. The fourth-order valence-electron chi connectivity index (χ4n) is 1.79. The van der Waals surface area contributed by atoms with Crippen molar-refractivity contribution in [3.8, 4) is 0 Å². The predicted octanol–water partition coefficient (Wildman–Crippen LogP) is 2.58. The number of aromatic nitrogens is 2. The van der Waals surface area contributed by atoms with E-state index in [2.05, 4.69) is 15.3 Å². The fourth-order valence-corrected chi connectivity index (χ4v) is 2.62. The lowest BCUT2D eigenvalue weighted by Gasteiger charge is -2.26. The second kappa shape index (κ2) is 8.92. The Labute approximate surface area is 124 Å². The van der Waals surface area contributed by atoms with Crippen molar-refractivity contribution in [3.63, 3.8) is 0 Å². The predicted molar refractivity (Wildman–Crippen MR) is 80.9 cm³/mol. The van der Waals surface area contributed by atoms with Crippen molar-refractivity contribution in [1.82, 2.24) is 15.3 Å². The van der Waals surface area contributed by atoms with E-state index < -0.39 is 11.5 Å². The molecule has 0 amide bonds. The maximum Gasteiger partial charge on any atom is 0.323 e. The highest BCUT2D eigenvalue weighted by molar-refractivity contribution is 7.99. The Morgan fingerprint density at radius 1 is 1.45 bits per heavy atom. The number of unbranched alkanes of at least 4 members (excludes halogenated alkanes) is 1. The van der Waals surface area contributed by atoms with Crippen molar-refractivity contribution in [2.24, 2.45) is 0 Å². The quantitative estimate of drug-likeness (QED) is 0.511. The molecule has 0 radical (unpaired) electrons. The molecule has 5 nitrogen and oxygen atoms in total. The first-order valence-corrected chi connectivity index (χ1v) is 7.94. The van der Waals surface area contributed by atoms with Crippen LogP contribution in [0.4, 0.5) is 0 Å². The van der Waals surface area contributed by atoms with E-state index in [1.54, 1.807) is 37.3 Å². The SMILES string of the molecule is CCCNC(C)(CCCCSc1cnccn1)C(=O)O. The van der Waals surface area contributed by atoms with Gasteiger partial charge in [0.15, 0.2) is 0 Å². The van der Waals surface area contributed by atoms with E-state index in [0.717, 1.165) is 36.6 Å². The molecule has 0 aliphatic heterocycles. The van der Waals surface area contributed by atoms with Gasteiger partial charge in [-0.15, -0.1) is 11.8 Å². The highest BCUT2D eigenvalue weighted by atomic mass is 32.2. The minimum absolute atomic E-state index is 0.642. The van der Waals surface area contributed by atoms with Gasteiger partial charge < -0.3 is 10.4 Å². The minimum Gasteiger partial charge on any atom is -0.480 e. The van der Waals surface area contributed by atoms with Crippen LogP contribution in [0.25, 0.3) is 0 Å². The molecule has 1 heterocycles. The highest BCUT2D eigenvalue weighted by Crippen LogP contribution is 2.19. The maximum atomic E-state index is 11.3. The van der Waals surface area contributed by atoms with E-state index in [1.165, 1.54) is 0 Å². The molecule has 1 unspecified atom stereocenters. The summed E-state index contributed by atoms with van der Waals surface area (Å²) in [5.74, 6) is 0.162. The molecular weight excluding hydrogens is 274 g/mol. The van der Waals surface area contributed by atoms with Crippen LogP contribution in [-0.4, -0.2) is 38.9 Å². The summed E-state index contributed by atoms with van der Waals surface area (Å²) in [5.41, 5.74) is -0.812. The van der Waals surface area contributed by atoms with E-state index in [0.29, 0.717) is 6.42 Å². The van der Waals surface area contributed by atoms with Gasteiger partial charge in [0.05, 0.1) is 6.20 Å². The van der Waals surface area contributed by atoms with Crippen LogP contribution >= 0.6 is 11.8 Å². The number of aliphatic carboxylic acids is 1. The summed E-state index contributed by atoms with van der Waals surface area (Å²) in [5, 5.41) is 13.3. The van der Waals surface area contributed by atoms with Crippen molar-refractivity contribution < 1.29 is 9.90 Å². The number of hydrogen-bond donors (Lipinski definition) is 2. The van der Waals surface area contributed by atoms with Crippen molar-refractivity contribution >= 4 is 17.7 Å². The molecule has 6 heteroatoms. The lowest BCUT2D eigenvalue weighted by Crippen LogP contribution is -2.49. The molecule has 0 aliphatic carbocycles. The summed E-state index contributed by atoms with van der Waals surface area (Å²) in [6.07, 6.45) is 8.51. The molecule has 20 heavy (non-hydrogen) atoms. The lowest BCUT2D eigenvalue weighted by molar-refractivity contribution is -0.144. The Morgan fingerprint density at radius 2 is 2.25 bits per heavy atom. The van der Waals surface area contributed by atoms with E-state index >= 15 is 0 Å². The molecule has 0 saturated carbocycles. The second-order valence-electron chi connectivity index (χ2n) is 4.91. The standard InChI is InChI=1S/C14H23N3O2S/c1-3-7-17-14(2,13(18)19)6-4-5-10-20-12-11-15-8-9-16-12/h8-9,11,17H,3-7,10H2,1-2H3,(H,18,19). The van der Waals surface area contributed by atoms with Crippen LogP contribution in [0.5, 0.6) is 0 Å². The molecular formula is C14H23N3O2S. The van der Waals surface area contributed by atoms with Gasteiger partial charge >= 0.3 is 5.97 Å². The van der Waals surface area contributed by atoms with Crippen LogP contribution in [0.3, 0.4) is 0 Å². The average Bonchev–Trinajstić information content (AvgIpc) is 2.45. The zero-order valence-electron chi connectivity index (χ0n) is 12.1. The van der Waals surface area contributed by atoms with Crippen LogP contribution in [0.2, 0.25) is 0 Å². The van der Waals surface area contributed by atoms with E-state index in [-0.39, 0.29) is 0 Å². The number of carboxylic acid groups (broad SMARTS) is 1. The summed E-state index contributed by atoms with van der Waals surface area (Å²) in [6, 6.07) is 0. The van der Waals surface area contributed by atoms with Crippen LogP contribution < -0.4 is 5.32 Å². The van der Waals surface area contributed by atoms with Gasteiger partial charge in [-0.25, -0.2) is 4.98 Å². The van der Waals surface area contributed by atoms with E-state index in [4.69, 9.17) is 0 Å². The van der Waals surface area contributed by atoms with Crippen LogP contribution in [0.15, 0.2) is 23.6 Å². The van der Waals surface area contributed by atoms with Gasteiger partial charge in [-0.3, -0.25) is 9.78 Å². The van der Waals surface area contributed by atoms with Gasteiger partial charge in [-0.2, -0.15) is 0 Å². The fraction of sp³-hybridized carbons (Fsp3) is 0.643. The molecule has 1 rings (SSSR count). The normalized spacial score (nSPS) is 13.9. The summed E-state index contributed by atoms with van der Waals surface area (Å²) < 4.78 is 0. The van der Waals surface area contributed by atoms with Crippen LogP contribution in [-0.2, 0) is 4.79 Å². The van der Waals surface area contributed by atoms with E-state index in [9.17, 15) is 9.90 Å². The van der Waals surface area contributed by atoms with E-state index in [1.807, 2.05) is 6.92 Å². The molecule has 0 spiro atoms. The highest BCUT2D eigenvalue weighted by Gasteiger charge is 2.31. The number of rotatable bonds is 10. The summed E-state index contributed by atoms with van der Waals surface area (Å²) >= 11 is 1.66. The summed E-state index contributed by atoms with van der Waals surface area (Å²) in [4.78, 5) is 19.5. The lowest BCUT2D eigenvalue weighted by atomic mass is 9.95. The summed E-state index contributed by atoms with van der Waals surface area (Å²) in [6.45, 7) is 4.53. The zero-order chi connectivity index (χ0) is 14.8. The smallest absolute Gasteiger partial charge is 0.323 e. The zero-order valence-corrected chi connectivity index (χ0v) is 12.9. The molecule has 2 N–H and O–H groups in total. The third-order valence-corrected chi connectivity index (χ3v) is 4.10. The van der Waals surface area contributed by atoms with Gasteiger partial charge in [0.1, 0.15) is 10.6 Å². The third-order valence-electron chi connectivity index (χ3n) is 3.10.